The van der Waals surface area contributed by atoms with Crippen molar-refractivity contribution in [2.24, 2.45) is 0 Å². The van der Waals surface area contributed by atoms with Gasteiger partial charge in [-0.15, -0.1) is 0 Å². The summed E-state index contributed by atoms with van der Waals surface area (Å²) in [6.45, 7) is 7.00. The predicted octanol–water partition coefficient (Wildman–Crippen LogP) is 1.96. The molecule has 0 aliphatic rings. The second kappa shape index (κ2) is 3.72. The molecule has 1 rings (SSSR count). The third-order valence-corrected chi connectivity index (χ3v) is 2.77. The van der Waals surface area contributed by atoms with Crippen LogP contribution < -0.4 is 5.46 Å². The van der Waals surface area contributed by atoms with E-state index in [1.165, 1.54) is 0 Å². The highest BCUT2D eigenvalue weighted by molar-refractivity contribution is 6.33. The summed E-state index contributed by atoms with van der Waals surface area (Å²) in [5, 5.41) is 0. The van der Waals surface area contributed by atoms with E-state index in [9.17, 15) is 8.78 Å². The van der Waals surface area contributed by atoms with Crippen LogP contribution in [0.25, 0.3) is 0 Å². The van der Waals surface area contributed by atoms with Gasteiger partial charge in [-0.2, -0.15) is 0 Å². The topological polar surface area (TPSA) is 0 Å². The van der Waals surface area contributed by atoms with Crippen LogP contribution in [0.15, 0.2) is 0 Å². The van der Waals surface area contributed by atoms with Crippen LogP contribution in [-0.2, 0) is 0 Å². The van der Waals surface area contributed by atoms with E-state index < -0.39 is 0 Å². The Hall–Kier alpha value is -0.855. The van der Waals surface area contributed by atoms with Crippen LogP contribution in [-0.4, -0.2) is 7.85 Å². The second-order valence-corrected chi connectivity index (χ2v) is 4.07. The summed E-state index contributed by atoms with van der Waals surface area (Å²) in [7, 11) is 1.62. The largest absolute Gasteiger partial charge is 0.207 e. The smallest absolute Gasteiger partial charge is 0.143 e. The molecule has 0 aliphatic carbocycles. The maximum atomic E-state index is 13.8. The van der Waals surface area contributed by atoms with Gasteiger partial charge in [0.2, 0.25) is 0 Å². The van der Waals surface area contributed by atoms with Crippen molar-refractivity contribution in [1.82, 2.24) is 0 Å². The molecule has 1 aromatic rings. The van der Waals surface area contributed by atoms with Gasteiger partial charge in [-0.05, 0) is 41.9 Å². The van der Waals surface area contributed by atoms with Crippen LogP contribution >= 0.6 is 0 Å². The van der Waals surface area contributed by atoms with Crippen molar-refractivity contribution in [3.8, 4) is 0 Å². The summed E-state index contributed by atoms with van der Waals surface area (Å²) in [5.74, 6) is -0.507. The molecule has 0 fully saturated rings. The van der Waals surface area contributed by atoms with Gasteiger partial charge >= 0.3 is 0 Å². The van der Waals surface area contributed by atoms with Crippen LogP contribution in [0.3, 0.4) is 0 Å². The van der Waals surface area contributed by atoms with Crippen LogP contribution in [0.5, 0.6) is 0 Å². The molecule has 14 heavy (non-hydrogen) atoms. The van der Waals surface area contributed by atoms with Gasteiger partial charge in [0.25, 0.3) is 0 Å². The minimum Gasteiger partial charge on any atom is -0.207 e. The zero-order valence-corrected chi connectivity index (χ0v) is 9.33. The van der Waals surface area contributed by atoms with Gasteiger partial charge in [-0.1, -0.05) is 13.8 Å². The molecular weight excluding hydrogens is 181 g/mol. The molecule has 0 radical (unpaired) electrons. The number of hydrogen-bond acceptors (Lipinski definition) is 0. The van der Waals surface area contributed by atoms with E-state index in [0.717, 1.165) is 0 Å². The maximum absolute atomic E-state index is 13.8. The zero-order valence-electron chi connectivity index (χ0n) is 9.33. The Kier molecular flexibility index (Phi) is 2.98. The summed E-state index contributed by atoms with van der Waals surface area (Å²) in [6.07, 6.45) is 0. The van der Waals surface area contributed by atoms with Crippen LogP contribution in [0.2, 0.25) is 0 Å². The van der Waals surface area contributed by atoms with Gasteiger partial charge in [-0.3, -0.25) is 0 Å². The Morgan fingerprint density at radius 2 is 1.50 bits per heavy atom. The van der Waals surface area contributed by atoms with Crippen molar-refractivity contribution in [2.75, 3.05) is 0 Å². The van der Waals surface area contributed by atoms with Crippen molar-refractivity contribution in [1.29, 1.82) is 0 Å². The Balaban J connectivity index is 3.60. The van der Waals surface area contributed by atoms with E-state index in [0.29, 0.717) is 22.2 Å². The van der Waals surface area contributed by atoms with Gasteiger partial charge in [-0.25, -0.2) is 8.78 Å². The molecule has 76 valence electrons. The van der Waals surface area contributed by atoms with Crippen molar-refractivity contribution in [3.63, 3.8) is 0 Å². The standard InChI is InChI=1S/C11H15BF2/c1-5(2)8-6(3)10(13)7(4)9(12)11(8)14/h5H,12H2,1-4H3. The molecule has 0 aromatic heterocycles. The molecule has 0 amide bonds. The van der Waals surface area contributed by atoms with Crippen LogP contribution in [0.4, 0.5) is 8.78 Å². The van der Waals surface area contributed by atoms with E-state index in [1.54, 1.807) is 21.7 Å². The first-order valence-electron chi connectivity index (χ1n) is 4.82. The van der Waals surface area contributed by atoms with Crippen molar-refractivity contribution >= 4 is 13.3 Å². The van der Waals surface area contributed by atoms with Gasteiger partial charge in [0.15, 0.2) is 0 Å². The summed E-state index contributed by atoms with van der Waals surface area (Å²) < 4.78 is 27.4. The lowest BCUT2D eigenvalue weighted by Crippen LogP contribution is -2.20. The van der Waals surface area contributed by atoms with Crippen LogP contribution in [0.1, 0.15) is 36.5 Å². The van der Waals surface area contributed by atoms with Gasteiger partial charge in [0.05, 0.1) is 0 Å². The van der Waals surface area contributed by atoms with Crippen molar-refractivity contribution in [3.05, 3.63) is 28.3 Å². The second-order valence-electron chi connectivity index (χ2n) is 4.07. The summed E-state index contributed by atoms with van der Waals surface area (Å²) in [5.41, 5.74) is 1.80. The number of rotatable bonds is 1. The lowest BCUT2D eigenvalue weighted by atomic mass is 9.83. The minimum absolute atomic E-state index is 0.0174. The first kappa shape index (κ1) is 11.2. The predicted molar refractivity (Wildman–Crippen MR) is 58.1 cm³/mol. The normalized spacial score (nSPS) is 11.1. The van der Waals surface area contributed by atoms with E-state index in [1.807, 2.05) is 13.8 Å². The minimum atomic E-state index is -0.271. The Bertz CT molecular complexity index is 341. The van der Waals surface area contributed by atoms with Crippen LogP contribution in [0, 0.1) is 25.5 Å². The lowest BCUT2D eigenvalue weighted by Gasteiger charge is -2.16. The summed E-state index contributed by atoms with van der Waals surface area (Å²) >= 11 is 0. The summed E-state index contributed by atoms with van der Waals surface area (Å²) in [4.78, 5) is 0. The van der Waals surface area contributed by atoms with E-state index in [4.69, 9.17) is 0 Å². The maximum Gasteiger partial charge on any atom is 0.143 e. The fraction of sp³-hybridized carbons (Fsp3) is 0.455. The molecule has 3 heteroatoms. The zero-order chi connectivity index (χ0) is 11.0. The van der Waals surface area contributed by atoms with Gasteiger partial charge < -0.3 is 0 Å². The quantitative estimate of drug-likeness (QED) is 0.602. The highest BCUT2D eigenvalue weighted by Gasteiger charge is 2.18. The van der Waals surface area contributed by atoms with Gasteiger partial charge in [0.1, 0.15) is 19.5 Å². The highest BCUT2D eigenvalue weighted by atomic mass is 19.1. The Morgan fingerprint density at radius 3 is 1.93 bits per heavy atom. The monoisotopic (exact) mass is 196 g/mol. The number of benzene rings is 1. The molecular formula is C11H15BF2. The molecule has 1 aromatic carbocycles. The third kappa shape index (κ3) is 1.56. The number of halogens is 2. The molecule has 0 saturated carbocycles. The average molecular weight is 196 g/mol. The Labute approximate surface area is 84.7 Å². The molecule has 0 saturated heterocycles. The Morgan fingerprint density at radius 1 is 1.00 bits per heavy atom. The SMILES string of the molecule is Bc1c(C)c(F)c(C)c(C(C)C)c1F. The molecule has 0 spiro atoms. The molecule has 0 bridgehead atoms. The fourth-order valence-electron chi connectivity index (χ4n) is 1.78. The summed E-state index contributed by atoms with van der Waals surface area (Å²) in [6, 6.07) is 0. The molecule has 0 nitrogen and oxygen atoms in total. The van der Waals surface area contributed by atoms with E-state index in [-0.39, 0.29) is 17.6 Å². The lowest BCUT2D eigenvalue weighted by molar-refractivity contribution is 0.568. The fourth-order valence-corrected chi connectivity index (χ4v) is 1.78. The first-order valence-corrected chi connectivity index (χ1v) is 4.82. The molecule has 0 aliphatic heterocycles. The molecule has 0 N–H and O–H groups in total. The molecule has 0 atom stereocenters. The molecule has 0 heterocycles. The van der Waals surface area contributed by atoms with E-state index >= 15 is 0 Å². The van der Waals surface area contributed by atoms with Crippen molar-refractivity contribution < 1.29 is 8.78 Å². The molecule has 0 unspecified atom stereocenters. The van der Waals surface area contributed by atoms with Gasteiger partial charge in [0, 0.05) is 0 Å². The van der Waals surface area contributed by atoms with Crippen molar-refractivity contribution in [2.45, 2.75) is 33.6 Å². The first-order chi connectivity index (χ1) is 6.37. The van der Waals surface area contributed by atoms with E-state index in [2.05, 4.69) is 0 Å². The third-order valence-electron chi connectivity index (χ3n) is 2.77. The highest BCUT2D eigenvalue weighted by Crippen LogP contribution is 2.24. The average Bonchev–Trinajstić information content (AvgIpc) is 2.11. The number of hydrogen-bond donors (Lipinski definition) is 0.